The van der Waals surface area contributed by atoms with Crippen molar-refractivity contribution in [3.05, 3.63) is 12.7 Å². The van der Waals surface area contributed by atoms with Gasteiger partial charge in [-0.05, 0) is 13.0 Å². The molecule has 0 radical (unpaired) electrons. The zero-order chi connectivity index (χ0) is 22.9. The van der Waals surface area contributed by atoms with E-state index in [9.17, 15) is 10.2 Å². The van der Waals surface area contributed by atoms with Gasteiger partial charge in [0.1, 0.15) is 36.5 Å². The summed E-state index contributed by atoms with van der Waals surface area (Å²) >= 11 is 4.29. The van der Waals surface area contributed by atoms with Crippen LogP contribution in [0.1, 0.15) is 58.3 Å². The van der Waals surface area contributed by atoms with Crippen LogP contribution in [0.3, 0.4) is 0 Å². The molecule has 7 N–H and O–H groups in total. The molecular weight excluding hydrogens is 420 g/mol. The number of hydrogen-bond acceptors (Lipinski definition) is 10. The molecule has 4 atom stereocenters. The monoisotopic (exact) mass is 456 g/mol. The van der Waals surface area contributed by atoms with Gasteiger partial charge >= 0.3 is 0 Å². The van der Waals surface area contributed by atoms with Gasteiger partial charge in [-0.2, -0.15) is 0 Å². The number of rotatable bonds is 10. The minimum Gasteiger partial charge on any atom is -0.394 e. The Labute approximate surface area is 188 Å². The summed E-state index contributed by atoms with van der Waals surface area (Å²) < 4.78 is 6.79. The number of anilines is 1. The molecule has 0 spiro atoms. The number of hydrogen-bond donors (Lipinski definition) is 6. The van der Waals surface area contributed by atoms with E-state index in [1.54, 1.807) is 0 Å². The van der Waals surface area contributed by atoms with Gasteiger partial charge < -0.3 is 31.5 Å². The second-order valence-electron chi connectivity index (χ2n) is 7.74. The van der Waals surface area contributed by atoms with Crippen LogP contribution in [0.2, 0.25) is 0 Å². The Morgan fingerprint density at radius 1 is 1.10 bits per heavy atom. The fourth-order valence-corrected chi connectivity index (χ4v) is 3.93. The first-order valence-corrected chi connectivity index (χ1v) is 11.4. The average molecular weight is 457 g/mol. The van der Waals surface area contributed by atoms with Crippen LogP contribution in [0.4, 0.5) is 5.82 Å². The van der Waals surface area contributed by atoms with Crippen molar-refractivity contribution in [2.45, 2.75) is 81.7 Å². The third-order valence-corrected chi connectivity index (χ3v) is 5.94. The van der Waals surface area contributed by atoms with E-state index >= 15 is 0 Å². The van der Waals surface area contributed by atoms with E-state index in [-0.39, 0.29) is 5.82 Å². The SMILES string of the molecule is CCCCCCCCCCN.Nc1ncnc2c1ncn2[C@]1(S)O[C@H](CO)[C@@H](O)[C@H]1O. The minimum absolute atomic E-state index is 0.178. The van der Waals surface area contributed by atoms with Gasteiger partial charge in [0.15, 0.2) is 11.5 Å². The Kier molecular flexibility index (Phi) is 10.4. The zero-order valence-electron chi connectivity index (χ0n) is 18.1. The molecule has 2 aromatic rings. The number of ether oxygens (including phenoxy) is 1. The second kappa shape index (κ2) is 12.5. The van der Waals surface area contributed by atoms with Gasteiger partial charge in [0, 0.05) is 0 Å². The third kappa shape index (κ3) is 6.27. The number of unbranched alkanes of at least 4 members (excludes halogenated alkanes) is 7. The molecule has 3 rings (SSSR count). The van der Waals surface area contributed by atoms with Crippen LogP contribution >= 0.6 is 12.6 Å². The number of fused-ring (bicyclic) bond motifs is 1. The minimum atomic E-state index is -1.61. The average Bonchev–Trinajstić information content (AvgIpc) is 3.30. The van der Waals surface area contributed by atoms with Gasteiger partial charge in [0.05, 0.1) is 6.61 Å². The fraction of sp³-hybridized carbons (Fsp3) is 0.750. The number of aromatic nitrogens is 4. The van der Waals surface area contributed by atoms with E-state index in [0.717, 1.165) is 6.54 Å². The van der Waals surface area contributed by atoms with Crippen molar-refractivity contribution in [2.75, 3.05) is 18.9 Å². The molecule has 2 aromatic heterocycles. The number of thiol groups is 1. The van der Waals surface area contributed by atoms with E-state index in [0.29, 0.717) is 11.2 Å². The van der Waals surface area contributed by atoms with Gasteiger partial charge in [-0.15, -0.1) is 12.6 Å². The third-order valence-electron chi connectivity index (χ3n) is 5.36. The van der Waals surface area contributed by atoms with Crippen molar-refractivity contribution < 1.29 is 20.1 Å². The Morgan fingerprint density at radius 3 is 2.32 bits per heavy atom. The van der Waals surface area contributed by atoms with Gasteiger partial charge in [-0.1, -0.05) is 51.9 Å². The largest absolute Gasteiger partial charge is 0.394 e. The molecule has 0 saturated carbocycles. The topological polar surface area (TPSA) is 166 Å². The van der Waals surface area contributed by atoms with E-state index in [4.69, 9.17) is 21.3 Å². The maximum atomic E-state index is 10.1. The van der Waals surface area contributed by atoms with E-state index < -0.39 is 30.0 Å². The van der Waals surface area contributed by atoms with E-state index in [1.807, 2.05) is 0 Å². The summed E-state index contributed by atoms with van der Waals surface area (Å²) in [6, 6.07) is 0. The van der Waals surface area contributed by atoms with Crippen molar-refractivity contribution in [3.8, 4) is 0 Å². The van der Waals surface area contributed by atoms with Crippen molar-refractivity contribution >= 4 is 29.6 Å². The predicted octanol–water partition coefficient (Wildman–Crippen LogP) is 1.15. The summed E-state index contributed by atoms with van der Waals surface area (Å²) in [4.78, 5) is 11.9. The first-order chi connectivity index (χ1) is 14.9. The summed E-state index contributed by atoms with van der Waals surface area (Å²) in [7, 11) is 0. The molecule has 1 saturated heterocycles. The van der Waals surface area contributed by atoms with Gasteiger partial charge in [-0.3, -0.25) is 4.57 Å². The normalized spacial score (nSPS) is 25.5. The predicted molar refractivity (Wildman–Crippen MR) is 122 cm³/mol. The lowest BCUT2D eigenvalue weighted by Crippen LogP contribution is -2.41. The fourth-order valence-electron chi connectivity index (χ4n) is 3.50. The molecule has 1 aliphatic heterocycles. The lowest BCUT2D eigenvalue weighted by Gasteiger charge is -2.28. The van der Waals surface area contributed by atoms with Gasteiger partial charge in [0.25, 0.3) is 0 Å². The van der Waals surface area contributed by atoms with Crippen molar-refractivity contribution in [1.29, 1.82) is 0 Å². The van der Waals surface area contributed by atoms with Gasteiger partial charge in [0.2, 0.25) is 5.06 Å². The molecule has 0 bridgehead atoms. The molecule has 11 heteroatoms. The number of nitrogens with two attached hydrogens (primary N) is 2. The van der Waals surface area contributed by atoms with Crippen molar-refractivity contribution in [3.63, 3.8) is 0 Å². The number of aliphatic hydroxyl groups is 3. The van der Waals surface area contributed by atoms with E-state index in [1.165, 1.54) is 68.6 Å². The molecule has 0 aromatic carbocycles. The Bertz CT molecular complexity index is 786. The molecule has 0 amide bonds. The van der Waals surface area contributed by atoms with Crippen LogP contribution in [0.25, 0.3) is 11.2 Å². The lowest BCUT2D eigenvalue weighted by molar-refractivity contribution is -0.0760. The highest BCUT2D eigenvalue weighted by molar-refractivity contribution is 7.81. The van der Waals surface area contributed by atoms with E-state index in [2.05, 4.69) is 34.5 Å². The highest BCUT2D eigenvalue weighted by atomic mass is 32.1. The number of nitrogens with zero attached hydrogens (tertiary/aromatic N) is 4. The van der Waals surface area contributed by atoms with Crippen LogP contribution in [-0.2, 0) is 9.79 Å². The Balaban J connectivity index is 0.000000267. The summed E-state index contributed by atoms with van der Waals surface area (Å²) in [6.45, 7) is 2.67. The number of imidazole rings is 1. The maximum Gasteiger partial charge on any atom is 0.222 e. The summed E-state index contributed by atoms with van der Waals surface area (Å²) in [5.41, 5.74) is 11.7. The first-order valence-electron chi connectivity index (χ1n) is 10.9. The zero-order valence-corrected chi connectivity index (χ0v) is 19.0. The van der Waals surface area contributed by atoms with Crippen LogP contribution < -0.4 is 11.5 Å². The molecular formula is C20H36N6O4S. The van der Waals surface area contributed by atoms with Gasteiger partial charge in [-0.25, -0.2) is 15.0 Å². The smallest absolute Gasteiger partial charge is 0.222 e. The quantitative estimate of drug-likeness (QED) is 0.227. The molecule has 1 fully saturated rings. The molecule has 1 aliphatic rings. The van der Waals surface area contributed by atoms with Crippen molar-refractivity contribution in [1.82, 2.24) is 19.5 Å². The molecule has 10 nitrogen and oxygen atoms in total. The standard InChI is InChI=1S/C10H13N5O4S.C10H23N/c11-8-5-9(13-2-12-8)15(3-14-5)10(20)7(18)6(17)4(1-16)19-10;1-2-3-4-5-6-7-8-9-10-11/h2-4,6-7,16-18,20H,1H2,(H2,11,12,13);2-11H2,1H3/t4-,6-,7-,10+;/m1./s1. The number of nitrogen functional groups attached to an aromatic ring is 1. The highest BCUT2D eigenvalue weighted by Crippen LogP contribution is 2.40. The van der Waals surface area contributed by atoms with Crippen molar-refractivity contribution in [2.24, 2.45) is 5.73 Å². The Morgan fingerprint density at radius 2 is 1.74 bits per heavy atom. The molecule has 0 aliphatic carbocycles. The Hall–Kier alpha value is -1.50. The van der Waals surface area contributed by atoms with Crippen LogP contribution in [-0.4, -0.2) is 66.3 Å². The second-order valence-corrected chi connectivity index (χ2v) is 8.38. The highest BCUT2D eigenvalue weighted by Gasteiger charge is 2.54. The van der Waals surface area contributed by atoms with Crippen LogP contribution in [0.15, 0.2) is 12.7 Å². The molecule has 0 unspecified atom stereocenters. The van der Waals surface area contributed by atoms with Crippen LogP contribution in [0.5, 0.6) is 0 Å². The summed E-state index contributed by atoms with van der Waals surface area (Å²) in [6.07, 6.45) is 9.94. The first kappa shape index (κ1) is 25.8. The summed E-state index contributed by atoms with van der Waals surface area (Å²) in [5, 5.41) is 27.5. The summed E-state index contributed by atoms with van der Waals surface area (Å²) in [5.74, 6) is 0.178. The molecule has 3 heterocycles. The molecule has 31 heavy (non-hydrogen) atoms. The number of aliphatic hydroxyl groups excluding tert-OH is 3. The lowest BCUT2D eigenvalue weighted by atomic mass is 10.1. The van der Waals surface area contributed by atoms with Crippen LogP contribution in [0, 0.1) is 0 Å². The maximum absolute atomic E-state index is 10.1. The molecule has 176 valence electrons.